The molecule has 2 N–H and O–H groups in total. The topological polar surface area (TPSA) is 58.2 Å². The predicted octanol–water partition coefficient (Wildman–Crippen LogP) is 6.87. The molecule has 3 rings (SSSR count). The summed E-state index contributed by atoms with van der Waals surface area (Å²) < 4.78 is 54.5. The zero-order valence-electron chi connectivity index (χ0n) is 16.9. The predicted molar refractivity (Wildman–Crippen MR) is 121 cm³/mol. The van der Waals surface area contributed by atoms with Crippen LogP contribution in [0.25, 0.3) is 0 Å². The lowest BCUT2D eigenvalue weighted by Gasteiger charge is -2.16. The summed E-state index contributed by atoms with van der Waals surface area (Å²) in [5.74, 6) is -1.93. The van der Waals surface area contributed by atoms with Crippen molar-refractivity contribution in [2.24, 2.45) is 0 Å². The Morgan fingerprint density at radius 1 is 0.939 bits per heavy atom. The van der Waals surface area contributed by atoms with Gasteiger partial charge in [-0.05, 0) is 54.6 Å². The lowest BCUT2D eigenvalue weighted by Crippen LogP contribution is -2.18. The molecule has 2 amide bonds. The van der Waals surface area contributed by atoms with Gasteiger partial charge in [0.2, 0.25) is 5.91 Å². The smallest absolute Gasteiger partial charge is 0.325 e. The minimum atomic E-state index is -4.79. The zero-order chi connectivity index (χ0) is 24.0. The third-order valence-electron chi connectivity index (χ3n) is 4.39. The number of anilines is 2. The maximum absolute atomic E-state index is 13.8. The summed E-state index contributed by atoms with van der Waals surface area (Å²) in [6.07, 6.45) is -4.81. The lowest BCUT2D eigenvalue weighted by molar-refractivity contribution is -0.136. The van der Waals surface area contributed by atoms with Crippen LogP contribution in [-0.2, 0) is 11.0 Å². The van der Waals surface area contributed by atoms with Gasteiger partial charge < -0.3 is 10.6 Å². The number of rotatable bonds is 7. The average Bonchev–Trinajstić information content (AvgIpc) is 2.75. The molecule has 10 heteroatoms. The Kier molecular flexibility index (Phi) is 7.99. The summed E-state index contributed by atoms with van der Waals surface area (Å²) in [6.45, 7) is 0. The van der Waals surface area contributed by atoms with Crippen molar-refractivity contribution in [3.8, 4) is 0 Å². The van der Waals surface area contributed by atoms with E-state index in [9.17, 15) is 27.2 Å². The summed E-state index contributed by atoms with van der Waals surface area (Å²) in [7, 11) is 0. The van der Waals surface area contributed by atoms with Gasteiger partial charge in [0.25, 0.3) is 5.91 Å². The number of benzene rings is 3. The molecule has 0 unspecified atom stereocenters. The minimum absolute atomic E-state index is 0.0175. The molecule has 0 aliphatic rings. The van der Waals surface area contributed by atoms with Crippen LogP contribution in [0.3, 0.4) is 0 Å². The molecular weight excluding hydrogens is 480 g/mol. The Bertz CT molecular complexity index is 1150. The van der Waals surface area contributed by atoms with Gasteiger partial charge in [-0.1, -0.05) is 23.7 Å². The van der Waals surface area contributed by atoms with Crippen molar-refractivity contribution in [2.75, 3.05) is 16.4 Å². The van der Waals surface area contributed by atoms with Gasteiger partial charge in [-0.3, -0.25) is 9.59 Å². The molecule has 0 saturated heterocycles. The number of carbonyl (C=O) groups excluding carboxylic acids is 2. The molecule has 0 aromatic heterocycles. The number of hydrogen-bond acceptors (Lipinski definition) is 3. The van der Waals surface area contributed by atoms with Crippen molar-refractivity contribution in [3.05, 3.63) is 88.7 Å². The van der Waals surface area contributed by atoms with Crippen molar-refractivity contribution in [1.29, 1.82) is 0 Å². The summed E-state index contributed by atoms with van der Waals surface area (Å²) in [4.78, 5) is 25.3. The van der Waals surface area contributed by atoms with E-state index in [1.54, 1.807) is 24.3 Å². The van der Waals surface area contributed by atoms with Crippen molar-refractivity contribution in [3.63, 3.8) is 0 Å². The number of halogens is 5. The second-order valence-electron chi connectivity index (χ2n) is 6.79. The number of carbonyl (C=O) groups is 2. The minimum Gasteiger partial charge on any atom is -0.325 e. The number of alkyl halides is 3. The van der Waals surface area contributed by atoms with E-state index in [-0.39, 0.29) is 17.7 Å². The van der Waals surface area contributed by atoms with Gasteiger partial charge in [-0.2, -0.15) is 13.2 Å². The Morgan fingerprint density at radius 2 is 1.64 bits per heavy atom. The standard InChI is InChI=1S/C23H17ClF4N2O2S/c24-14-5-8-16(9-6-14)33-12-11-21(31)30-20-10-7-15(13-18(20)23(26,27)28)29-22(32)17-3-1-2-4-19(17)25/h1-10,13H,11-12H2,(H,29,32)(H,30,31). The van der Waals surface area contributed by atoms with E-state index in [0.717, 1.165) is 17.0 Å². The second kappa shape index (κ2) is 10.7. The van der Waals surface area contributed by atoms with E-state index in [4.69, 9.17) is 11.6 Å². The first kappa shape index (κ1) is 24.6. The van der Waals surface area contributed by atoms with Gasteiger partial charge in [0.05, 0.1) is 16.8 Å². The highest BCUT2D eigenvalue weighted by Gasteiger charge is 2.34. The maximum Gasteiger partial charge on any atom is 0.418 e. The number of hydrogen-bond donors (Lipinski definition) is 2. The molecule has 3 aromatic rings. The van der Waals surface area contributed by atoms with E-state index < -0.39 is 35.1 Å². The summed E-state index contributed by atoms with van der Waals surface area (Å²) >= 11 is 7.18. The van der Waals surface area contributed by atoms with Crippen LogP contribution in [0, 0.1) is 5.82 Å². The van der Waals surface area contributed by atoms with Crippen LogP contribution in [-0.4, -0.2) is 17.6 Å². The van der Waals surface area contributed by atoms with E-state index in [2.05, 4.69) is 10.6 Å². The van der Waals surface area contributed by atoms with Gasteiger partial charge in [0.15, 0.2) is 0 Å². The first-order chi connectivity index (χ1) is 15.6. The molecule has 3 aromatic carbocycles. The molecule has 0 spiro atoms. The molecule has 33 heavy (non-hydrogen) atoms. The van der Waals surface area contributed by atoms with Gasteiger partial charge in [0, 0.05) is 27.8 Å². The first-order valence-electron chi connectivity index (χ1n) is 9.59. The lowest BCUT2D eigenvalue weighted by atomic mass is 10.1. The first-order valence-corrected chi connectivity index (χ1v) is 10.9. The highest BCUT2D eigenvalue weighted by Crippen LogP contribution is 2.37. The Labute approximate surface area is 196 Å². The Balaban J connectivity index is 1.67. The molecule has 0 aliphatic carbocycles. The molecule has 0 aliphatic heterocycles. The number of thioether (sulfide) groups is 1. The molecule has 0 atom stereocenters. The summed E-state index contributed by atoms with van der Waals surface area (Å²) in [5.41, 5.74) is -2.06. The zero-order valence-corrected chi connectivity index (χ0v) is 18.5. The Morgan fingerprint density at radius 3 is 2.30 bits per heavy atom. The van der Waals surface area contributed by atoms with Crippen LogP contribution in [0.2, 0.25) is 5.02 Å². The molecular formula is C23H17ClF4N2O2S. The second-order valence-corrected chi connectivity index (χ2v) is 8.40. The average molecular weight is 497 g/mol. The summed E-state index contributed by atoms with van der Waals surface area (Å²) in [5, 5.41) is 5.09. The van der Waals surface area contributed by atoms with E-state index in [0.29, 0.717) is 16.8 Å². The van der Waals surface area contributed by atoms with Crippen LogP contribution in [0.15, 0.2) is 71.6 Å². The molecule has 0 saturated carbocycles. The van der Waals surface area contributed by atoms with Crippen LogP contribution in [0.4, 0.5) is 28.9 Å². The molecule has 0 radical (unpaired) electrons. The van der Waals surface area contributed by atoms with Crippen molar-refractivity contribution in [2.45, 2.75) is 17.5 Å². The number of nitrogens with one attached hydrogen (secondary N) is 2. The van der Waals surface area contributed by atoms with Crippen molar-refractivity contribution < 1.29 is 27.2 Å². The fourth-order valence-corrected chi connectivity index (χ4v) is 3.79. The quantitative estimate of drug-likeness (QED) is 0.277. The highest BCUT2D eigenvalue weighted by atomic mass is 35.5. The van der Waals surface area contributed by atoms with E-state index >= 15 is 0 Å². The fourth-order valence-electron chi connectivity index (χ4n) is 2.81. The number of amides is 2. The Hall–Kier alpha value is -3.04. The van der Waals surface area contributed by atoms with Crippen LogP contribution in [0.5, 0.6) is 0 Å². The van der Waals surface area contributed by atoms with Gasteiger partial charge in [-0.15, -0.1) is 11.8 Å². The van der Waals surface area contributed by atoms with Gasteiger partial charge in [0.1, 0.15) is 5.82 Å². The van der Waals surface area contributed by atoms with E-state index in [1.165, 1.54) is 36.0 Å². The fraction of sp³-hybridized carbons (Fsp3) is 0.130. The van der Waals surface area contributed by atoms with Crippen LogP contribution < -0.4 is 10.6 Å². The van der Waals surface area contributed by atoms with Crippen LogP contribution >= 0.6 is 23.4 Å². The van der Waals surface area contributed by atoms with Crippen LogP contribution in [0.1, 0.15) is 22.3 Å². The third kappa shape index (κ3) is 6.97. The van der Waals surface area contributed by atoms with Gasteiger partial charge in [-0.25, -0.2) is 4.39 Å². The summed E-state index contributed by atoms with van der Waals surface area (Å²) in [6, 6.07) is 15.0. The molecule has 4 nitrogen and oxygen atoms in total. The molecule has 0 bridgehead atoms. The van der Waals surface area contributed by atoms with E-state index in [1.807, 2.05) is 0 Å². The van der Waals surface area contributed by atoms with Crippen molar-refractivity contribution >= 4 is 46.6 Å². The largest absolute Gasteiger partial charge is 0.418 e. The van der Waals surface area contributed by atoms with Gasteiger partial charge >= 0.3 is 6.18 Å². The normalized spacial score (nSPS) is 11.2. The molecule has 172 valence electrons. The monoisotopic (exact) mass is 496 g/mol. The van der Waals surface area contributed by atoms with Crippen molar-refractivity contribution in [1.82, 2.24) is 0 Å². The molecule has 0 fully saturated rings. The molecule has 0 heterocycles. The maximum atomic E-state index is 13.8. The SMILES string of the molecule is O=C(CCSc1ccc(Cl)cc1)Nc1ccc(NC(=O)c2ccccc2F)cc1C(F)(F)F. The third-order valence-corrected chi connectivity index (χ3v) is 5.65. The highest BCUT2D eigenvalue weighted by molar-refractivity contribution is 7.99.